The topological polar surface area (TPSA) is 77.0 Å². The number of hydrogen-bond acceptors (Lipinski definition) is 5. The third kappa shape index (κ3) is 2.13. The van der Waals surface area contributed by atoms with Crippen LogP contribution in [0.3, 0.4) is 0 Å². The number of rotatable bonds is 2. The molecule has 0 spiro atoms. The molecule has 0 saturated carbocycles. The van der Waals surface area contributed by atoms with E-state index in [-0.39, 0.29) is 17.8 Å². The summed E-state index contributed by atoms with van der Waals surface area (Å²) in [5.74, 6) is 0.784. The van der Waals surface area contributed by atoms with Crippen LogP contribution in [0.4, 0.5) is 0 Å². The number of halogens is 2. The summed E-state index contributed by atoms with van der Waals surface area (Å²) in [7, 11) is 0. The van der Waals surface area contributed by atoms with Crippen LogP contribution < -0.4 is 0 Å². The van der Waals surface area contributed by atoms with Gasteiger partial charge in [-0.05, 0) is 25.0 Å². The fourth-order valence-corrected chi connectivity index (χ4v) is 4.17. The molecule has 1 atom stereocenters. The molecular formula is C17H13Cl2N5O2. The van der Waals surface area contributed by atoms with Gasteiger partial charge in [0.25, 0.3) is 5.91 Å². The Morgan fingerprint density at radius 3 is 3.04 bits per heavy atom. The number of imidazole rings is 1. The third-order valence-corrected chi connectivity index (χ3v) is 5.44. The van der Waals surface area contributed by atoms with E-state index in [9.17, 15) is 4.79 Å². The minimum Gasteiger partial charge on any atom is -0.338 e. The summed E-state index contributed by atoms with van der Waals surface area (Å²) >= 11 is 12.2. The van der Waals surface area contributed by atoms with Crippen molar-refractivity contribution in [2.75, 3.05) is 6.54 Å². The lowest BCUT2D eigenvalue weighted by atomic mass is 10.1. The fraction of sp³-hybridized carbons (Fsp3) is 0.294. The number of hydrogen-bond donors (Lipinski definition) is 0. The van der Waals surface area contributed by atoms with Gasteiger partial charge in [0.05, 0.1) is 28.0 Å². The van der Waals surface area contributed by atoms with Gasteiger partial charge in [-0.25, -0.2) is 4.98 Å². The summed E-state index contributed by atoms with van der Waals surface area (Å²) in [5.41, 5.74) is 2.69. The van der Waals surface area contributed by atoms with Crippen LogP contribution in [-0.4, -0.2) is 37.0 Å². The molecule has 2 aromatic heterocycles. The molecule has 3 aromatic rings. The zero-order chi connectivity index (χ0) is 17.8. The molecule has 26 heavy (non-hydrogen) atoms. The number of carbonyl (C=O) groups is 1. The summed E-state index contributed by atoms with van der Waals surface area (Å²) in [6, 6.07) is 5.32. The maximum Gasteiger partial charge on any atom is 0.258 e. The van der Waals surface area contributed by atoms with Gasteiger partial charge in [-0.15, -0.1) is 11.6 Å². The first-order valence-electron chi connectivity index (χ1n) is 8.25. The number of alkyl halides is 1. The molecule has 1 fully saturated rings. The van der Waals surface area contributed by atoms with Crippen molar-refractivity contribution >= 4 is 29.1 Å². The smallest absolute Gasteiger partial charge is 0.258 e. The van der Waals surface area contributed by atoms with E-state index >= 15 is 0 Å². The normalized spacial score (nSPS) is 18.5. The SMILES string of the molecule is O=C1c2c(Cl)cccc2-n2cnc(-c3noc(CCl)n3)c2[C@@H]2CCCN12. The number of carbonyl (C=O) groups excluding carboxylic acids is 1. The van der Waals surface area contributed by atoms with Gasteiger partial charge in [0.1, 0.15) is 17.9 Å². The number of benzene rings is 1. The second-order valence-electron chi connectivity index (χ2n) is 6.28. The Morgan fingerprint density at radius 2 is 2.23 bits per heavy atom. The molecule has 5 rings (SSSR count). The van der Waals surface area contributed by atoms with Crippen molar-refractivity contribution in [3.63, 3.8) is 0 Å². The zero-order valence-electron chi connectivity index (χ0n) is 13.5. The average molecular weight is 390 g/mol. The largest absolute Gasteiger partial charge is 0.338 e. The van der Waals surface area contributed by atoms with E-state index in [0.717, 1.165) is 18.5 Å². The van der Waals surface area contributed by atoms with Crippen molar-refractivity contribution in [1.82, 2.24) is 24.6 Å². The first-order valence-corrected chi connectivity index (χ1v) is 9.16. The fourth-order valence-electron chi connectivity index (χ4n) is 3.81. The molecule has 1 aromatic carbocycles. The van der Waals surface area contributed by atoms with E-state index in [4.69, 9.17) is 27.7 Å². The van der Waals surface area contributed by atoms with E-state index in [1.54, 1.807) is 12.4 Å². The van der Waals surface area contributed by atoms with Gasteiger partial charge in [0.2, 0.25) is 11.7 Å². The molecule has 1 saturated heterocycles. The molecule has 2 aliphatic heterocycles. The Balaban J connectivity index is 1.78. The molecule has 132 valence electrons. The number of amides is 1. The molecule has 4 heterocycles. The van der Waals surface area contributed by atoms with Crippen molar-refractivity contribution in [2.24, 2.45) is 0 Å². The lowest BCUT2D eigenvalue weighted by Gasteiger charge is -2.22. The first kappa shape index (κ1) is 15.8. The average Bonchev–Trinajstić information content (AvgIpc) is 3.37. The van der Waals surface area contributed by atoms with Crippen LogP contribution in [0.5, 0.6) is 0 Å². The standard InChI is InChI=1S/C17H13Cl2N5O2/c18-7-12-21-16(22-26-12)14-15-11-5-2-6-23(11)17(25)13-9(19)3-1-4-10(13)24(15)8-20-14/h1,3-4,8,11H,2,5-7H2/t11-/m0/s1. The minimum atomic E-state index is -0.110. The van der Waals surface area contributed by atoms with Crippen LogP contribution in [0, 0.1) is 0 Å². The van der Waals surface area contributed by atoms with Crippen LogP contribution in [0.15, 0.2) is 29.0 Å². The summed E-state index contributed by atoms with van der Waals surface area (Å²) in [4.78, 5) is 23.8. The number of aromatic nitrogens is 4. The van der Waals surface area contributed by atoms with Gasteiger partial charge in [-0.2, -0.15) is 4.98 Å². The van der Waals surface area contributed by atoms with Gasteiger partial charge < -0.3 is 9.42 Å². The molecule has 7 nitrogen and oxygen atoms in total. The van der Waals surface area contributed by atoms with Gasteiger partial charge in [0.15, 0.2) is 0 Å². The minimum absolute atomic E-state index is 0.0580. The van der Waals surface area contributed by atoms with Gasteiger partial charge in [0, 0.05) is 6.54 Å². The zero-order valence-corrected chi connectivity index (χ0v) is 15.0. The van der Waals surface area contributed by atoms with E-state index in [1.807, 2.05) is 21.6 Å². The molecule has 9 heteroatoms. The second-order valence-corrected chi connectivity index (χ2v) is 6.96. The predicted molar refractivity (Wildman–Crippen MR) is 94.4 cm³/mol. The Morgan fingerprint density at radius 1 is 1.35 bits per heavy atom. The molecule has 2 aliphatic rings. The number of nitrogens with zero attached hydrogens (tertiary/aromatic N) is 5. The maximum absolute atomic E-state index is 13.1. The van der Waals surface area contributed by atoms with Gasteiger partial charge in [-0.1, -0.05) is 22.8 Å². The van der Waals surface area contributed by atoms with Crippen LogP contribution in [-0.2, 0) is 5.88 Å². The molecular weight excluding hydrogens is 377 g/mol. The monoisotopic (exact) mass is 389 g/mol. The van der Waals surface area contributed by atoms with Crippen LogP contribution in [0.1, 0.15) is 40.8 Å². The van der Waals surface area contributed by atoms with Crippen LogP contribution in [0.25, 0.3) is 17.2 Å². The van der Waals surface area contributed by atoms with Gasteiger partial charge in [-0.3, -0.25) is 9.36 Å². The quantitative estimate of drug-likeness (QED) is 0.625. The van der Waals surface area contributed by atoms with E-state index in [0.29, 0.717) is 40.2 Å². The first-order chi connectivity index (χ1) is 12.7. The lowest BCUT2D eigenvalue weighted by Crippen LogP contribution is -2.29. The molecule has 0 radical (unpaired) electrons. The molecule has 0 bridgehead atoms. The lowest BCUT2D eigenvalue weighted by molar-refractivity contribution is 0.0739. The summed E-state index contributed by atoms with van der Waals surface area (Å²) in [6.45, 7) is 0.679. The highest BCUT2D eigenvalue weighted by atomic mass is 35.5. The Kier molecular flexibility index (Phi) is 3.55. The van der Waals surface area contributed by atoms with E-state index < -0.39 is 0 Å². The molecule has 1 amide bonds. The van der Waals surface area contributed by atoms with Crippen molar-refractivity contribution in [3.05, 3.63) is 46.7 Å². The van der Waals surface area contributed by atoms with Crippen molar-refractivity contribution in [1.29, 1.82) is 0 Å². The van der Waals surface area contributed by atoms with E-state index in [2.05, 4.69) is 15.1 Å². The third-order valence-electron chi connectivity index (χ3n) is 4.89. The molecule has 0 unspecified atom stereocenters. The second kappa shape index (κ2) is 5.82. The van der Waals surface area contributed by atoms with E-state index in [1.165, 1.54) is 0 Å². The Bertz CT molecular complexity index is 1030. The molecule has 0 aliphatic carbocycles. The maximum atomic E-state index is 13.1. The summed E-state index contributed by atoms with van der Waals surface area (Å²) < 4.78 is 7.05. The Hall–Kier alpha value is -2.38. The highest BCUT2D eigenvalue weighted by Gasteiger charge is 2.40. The predicted octanol–water partition coefficient (Wildman–Crippen LogP) is 3.61. The van der Waals surface area contributed by atoms with Crippen molar-refractivity contribution < 1.29 is 9.32 Å². The van der Waals surface area contributed by atoms with Crippen molar-refractivity contribution in [2.45, 2.75) is 24.8 Å². The van der Waals surface area contributed by atoms with Crippen LogP contribution >= 0.6 is 23.2 Å². The number of fused-ring (bicyclic) bond motifs is 5. The van der Waals surface area contributed by atoms with Crippen molar-refractivity contribution in [3.8, 4) is 17.2 Å². The van der Waals surface area contributed by atoms with Crippen LogP contribution in [0.2, 0.25) is 5.02 Å². The summed E-state index contributed by atoms with van der Waals surface area (Å²) in [6.07, 6.45) is 3.45. The molecule has 0 N–H and O–H groups in total. The summed E-state index contributed by atoms with van der Waals surface area (Å²) in [5, 5.41) is 4.43. The Labute approximate surface area is 158 Å². The highest BCUT2D eigenvalue weighted by Crippen LogP contribution is 2.43. The van der Waals surface area contributed by atoms with Gasteiger partial charge >= 0.3 is 0 Å². The highest BCUT2D eigenvalue weighted by molar-refractivity contribution is 6.34.